The van der Waals surface area contributed by atoms with Crippen LogP contribution in [0.1, 0.15) is 15.9 Å². The lowest BCUT2D eigenvalue weighted by atomic mass is 10.2. The summed E-state index contributed by atoms with van der Waals surface area (Å²) in [6.45, 7) is 0.306. The number of hydrogen-bond donors (Lipinski definition) is 1. The van der Waals surface area contributed by atoms with Gasteiger partial charge in [0.2, 0.25) is 0 Å². The number of carboxylic acid groups (broad SMARTS) is 1. The number of ether oxygens (including phenoxy) is 1. The van der Waals surface area contributed by atoms with E-state index in [2.05, 4.69) is 0 Å². The summed E-state index contributed by atoms with van der Waals surface area (Å²) in [6, 6.07) is 11.6. The minimum absolute atomic E-state index is 0.306. The molecule has 2 aromatic carbocycles. The van der Waals surface area contributed by atoms with Crippen LogP contribution in [0.4, 0.5) is 4.39 Å². The third-order valence-corrected chi connectivity index (χ3v) is 3.48. The van der Waals surface area contributed by atoms with Gasteiger partial charge >= 0.3 is 5.97 Å². The first-order valence-electron chi connectivity index (χ1n) is 5.88. The van der Waals surface area contributed by atoms with Gasteiger partial charge < -0.3 is 9.84 Å². The second-order valence-corrected chi connectivity index (χ2v) is 4.96. The number of thioether (sulfide) groups is 1. The van der Waals surface area contributed by atoms with Crippen molar-refractivity contribution in [1.29, 1.82) is 0 Å². The minimum atomic E-state index is -1.29. The minimum Gasteiger partial charge on any atom is -0.489 e. The molecule has 104 valence electrons. The fraction of sp³-hybridized carbons (Fsp3) is 0.133. The Labute approximate surface area is 120 Å². The highest BCUT2D eigenvalue weighted by atomic mass is 32.2. The molecule has 0 saturated carbocycles. The van der Waals surface area contributed by atoms with Crippen molar-refractivity contribution in [2.45, 2.75) is 11.5 Å². The molecule has 0 saturated heterocycles. The summed E-state index contributed by atoms with van der Waals surface area (Å²) >= 11 is 1.65. The highest BCUT2D eigenvalue weighted by molar-refractivity contribution is 7.98. The number of aromatic carboxylic acids is 1. The SMILES string of the molecule is CSc1ccc(COc2ccc(C(=O)O)c(F)c2)cc1. The molecule has 2 aromatic rings. The van der Waals surface area contributed by atoms with E-state index in [0.29, 0.717) is 12.4 Å². The molecule has 0 heterocycles. The van der Waals surface area contributed by atoms with Gasteiger partial charge in [0.1, 0.15) is 18.2 Å². The molecule has 0 atom stereocenters. The third-order valence-electron chi connectivity index (χ3n) is 2.74. The van der Waals surface area contributed by atoms with Crippen molar-refractivity contribution in [3.8, 4) is 5.75 Å². The second kappa shape index (κ2) is 6.43. The van der Waals surface area contributed by atoms with Crippen molar-refractivity contribution in [2.24, 2.45) is 0 Å². The number of carboxylic acids is 1. The Kier molecular flexibility index (Phi) is 4.63. The number of hydrogen-bond acceptors (Lipinski definition) is 3. The third kappa shape index (κ3) is 3.51. The van der Waals surface area contributed by atoms with E-state index in [0.717, 1.165) is 16.5 Å². The Bertz CT molecular complexity index is 611. The van der Waals surface area contributed by atoms with E-state index in [-0.39, 0.29) is 5.56 Å². The summed E-state index contributed by atoms with van der Waals surface area (Å²) in [5.74, 6) is -1.78. The zero-order chi connectivity index (χ0) is 14.5. The quantitative estimate of drug-likeness (QED) is 0.851. The van der Waals surface area contributed by atoms with E-state index in [4.69, 9.17) is 9.84 Å². The standard InChI is InChI=1S/C15H13FO3S/c1-20-12-5-2-10(3-6-12)9-19-11-4-7-13(15(17)18)14(16)8-11/h2-8H,9H2,1H3,(H,17,18). The first kappa shape index (κ1) is 14.4. The van der Waals surface area contributed by atoms with E-state index in [1.165, 1.54) is 12.1 Å². The van der Waals surface area contributed by atoms with E-state index in [9.17, 15) is 9.18 Å². The molecule has 0 aliphatic heterocycles. The maximum absolute atomic E-state index is 13.5. The lowest BCUT2D eigenvalue weighted by Gasteiger charge is -2.07. The summed E-state index contributed by atoms with van der Waals surface area (Å²) in [6.07, 6.45) is 2.00. The van der Waals surface area contributed by atoms with Crippen LogP contribution in [0.5, 0.6) is 5.75 Å². The van der Waals surface area contributed by atoms with Gasteiger partial charge in [-0.2, -0.15) is 0 Å². The zero-order valence-corrected chi connectivity index (χ0v) is 11.6. The normalized spacial score (nSPS) is 10.3. The molecule has 2 rings (SSSR count). The zero-order valence-electron chi connectivity index (χ0n) is 10.8. The molecule has 0 fully saturated rings. The molecule has 0 bridgehead atoms. The van der Waals surface area contributed by atoms with Gasteiger partial charge in [0.15, 0.2) is 0 Å². The predicted octanol–water partition coefficient (Wildman–Crippen LogP) is 3.82. The Morgan fingerprint density at radius 3 is 2.50 bits per heavy atom. The van der Waals surface area contributed by atoms with E-state index < -0.39 is 11.8 Å². The molecular weight excluding hydrogens is 279 g/mol. The molecule has 0 unspecified atom stereocenters. The van der Waals surface area contributed by atoms with Crippen molar-refractivity contribution in [3.05, 3.63) is 59.4 Å². The molecule has 0 aliphatic rings. The number of benzene rings is 2. The summed E-state index contributed by atoms with van der Waals surface area (Å²) < 4.78 is 18.9. The first-order chi connectivity index (χ1) is 9.60. The highest BCUT2D eigenvalue weighted by Crippen LogP contribution is 2.19. The van der Waals surface area contributed by atoms with Gasteiger partial charge in [-0.15, -0.1) is 11.8 Å². The van der Waals surface area contributed by atoms with Crippen molar-refractivity contribution < 1.29 is 19.0 Å². The number of carbonyl (C=O) groups is 1. The Balaban J connectivity index is 2.03. The topological polar surface area (TPSA) is 46.5 Å². The van der Waals surface area contributed by atoms with Crippen LogP contribution in [-0.2, 0) is 6.61 Å². The molecule has 20 heavy (non-hydrogen) atoms. The summed E-state index contributed by atoms with van der Waals surface area (Å²) in [7, 11) is 0. The van der Waals surface area contributed by atoms with Gasteiger partial charge in [0.25, 0.3) is 0 Å². The van der Waals surface area contributed by atoms with Gasteiger partial charge in [-0.1, -0.05) is 12.1 Å². The molecule has 1 N–H and O–H groups in total. The molecule has 0 aliphatic carbocycles. The summed E-state index contributed by atoms with van der Waals surface area (Å²) in [5.41, 5.74) is 0.604. The lowest BCUT2D eigenvalue weighted by Crippen LogP contribution is -2.01. The Morgan fingerprint density at radius 2 is 1.95 bits per heavy atom. The first-order valence-corrected chi connectivity index (χ1v) is 7.11. The van der Waals surface area contributed by atoms with Crippen LogP contribution in [0.2, 0.25) is 0 Å². The van der Waals surface area contributed by atoms with Gasteiger partial charge in [-0.05, 0) is 36.1 Å². The molecule has 3 nitrogen and oxygen atoms in total. The summed E-state index contributed by atoms with van der Waals surface area (Å²) in [4.78, 5) is 11.8. The average Bonchev–Trinajstić information content (AvgIpc) is 2.45. The van der Waals surface area contributed by atoms with Crippen LogP contribution in [0.3, 0.4) is 0 Å². The fourth-order valence-corrected chi connectivity index (χ4v) is 2.06. The Morgan fingerprint density at radius 1 is 1.25 bits per heavy atom. The molecule has 0 radical (unpaired) electrons. The molecular formula is C15H13FO3S. The Hall–Kier alpha value is -2.01. The number of rotatable bonds is 5. The van der Waals surface area contributed by atoms with Crippen molar-refractivity contribution in [1.82, 2.24) is 0 Å². The second-order valence-electron chi connectivity index (χ2n) is 4.08. The number of halogens is 1. The van der Waals surface area contributed by atoms with Crippen molar-refractivity contribution in [3.63, 3.8) is 0 Å². The van der Waals surface area contributed by atoms with E-state index >= 15 is 0 Å². The van der Waals surface area contributed by atoms with E-state index in [1.807, 2.05) is 30.5 Å². The van der Waals surface area contributed by atoms with Crippen LogP contribution in [0.25, 0.3) is 0 Å². The average molecular weight is 292 g/mol. The van der Waals surface area contributed by atoms with Crippen molar-refractivity contribution in [2.75, 3.05) is 6.26 Å². The van der Waals surface area contributed by atoms with Crippen molar-refractivity contribution >= 4 is 17.7 Å². The van der Waals surface area contributed by atoms with Gasteiger partial charge in [0, 0.05) is 11.0 Å². The largest absolute Gasteiger partial charge is 0.489 e. The molecule has 0 spiro atoms. The molecule has 0 aromatic heterocycles. The molecule has 0 amide bonds. The van der Waals surface area contributed by atoms with Crippen LogP contribution in [0.15, 0.2) is 47.4 Å². The van der Waals surface area contributed by atoms with Crippen LogP contribution >= 0.6 is 11.8 Å². The maximum Gasteiger partial charge on any atom is 0.338 e. The van der Waals surface area contributed by atoms with Crippen LogP contribution in [-0.4, -0.2) is 17.3 Å². The lowest BCUT2D eigenvalue weighted by molar-refractivity contribution is 0.0692. The highest BCUT2D eigenvalue weighted by Gasteiger charge is 2.10. The van der Waals surface area contributed by atoms with Gasteiger partial charge in [0.05, 0.1) is 5.56 Å². The van der Waals surface area contributed by atoms with Crippen LogP contribution < -0.4 is 4.74 Å². The van der Waals surface area contributed by atoms with Crippen LogP contribution in [0, 0.1) is 5.82 Å². The van der Waals surface area contributed by atoms with Gasteiger partial charge in [-0.25, -0.2) is 9.18 Å². The molecule has 5 heteroatoms. The smallest absolute Gasteiger partial charge is 0.338 e. The van der Waals surface area contributed by atoms with E-state index in [1.54, 1.807) is 11.8 Å². The maximum atomic E-state index is 13.5. The predicted molar refractivity (Wildman–Crippen MR) is 75.9 cm³/mol. The fourth-order valence-electron chi connectivity index (χ4n) is 1.65. The van der Waals surface area contributed by atoms with Gasteiger partial charge in [-0.3, -0.25) is 0 Å². The monoisotopic (exact) mass is 292 g/mol. The summed E-state index contributed by atoms with van der Waals surface area (Å²) in [5, 5.41) is 8.73.